The fourth-order valence-electron chi connectivity index (χ4n) is 4.27. The van der Waals surface area contributed by atoms with E-state index in [0.717, 1.165) is 22.6 Å². The summed E-state index contributed by atoms with van der Waals surface area (Å²) in [4.78, 5) is 28.8. The average Bonchev–Trinajstić information content (AvgIpc) is 2.84. The molecule has 6 heteroatoms. The van der Waals surface area contributed by atoms with Crippen LogP contribution in [0.3, 0.4) is 0 Å². The summed E-state index contributed by atoms with van der Waals surface area (Å²) in [6.45, 7) is 4.62. The van der Waals surface area contributed by atoms with E-state index in [1.54, 1.807) is 12.0 Å². The summed E-state index contributed by atoms with van der Waals surface area (Å²) in [7, 11) is 1.61. The second kappa shape index (κ2) is 9.36. The second-order valence-electron chi connectivity index (χ2n) is 8.21. The molecule has 6 nitrogen and oxygen atoms in total. The number of benzene rings is 3. The van der Waals surface area contributed by atoms with Crippen molar-refractivity contribution in [3.05, 3.63) is 89.5 Å². The number of fused-ring (bicyclic) bond motifs is 1. The number of ether oxygens (including phenoxy) is 2. The number of anilines is 1. The first kappa shape index (κ1) is 22.4. The van der Waals surface area contributed by atoms with Crippen LogP contribution in [0.15, 0.2) is 72.8 Å². The van der Waals surface area contributed by atoms with Gasteiger partial charge < -0.3 is 14.8 Å². The minimum atomic E-state index is -1.10. The number of hydrogen-bond acceptors (Lipinski definition) is 4. The Morgan fingerprint density at radius 3 is 2.52 bits per heavy atom. The Hall–Kier alpha value is -3.80. The highest BCUT2D eigenvalue weighted by Crippen LogP contribution is 2.36. The molecule has 1 heterocycles. The molecule has 3 aromatic carbocycles. The van der Waals surface area contributed by atoms with Crippen molar-refractivity contribution in [1.82, 2.24) is 5.32 Å². The van der Waals surface area contributed by atoms with Gasteiger partial charge >= 0.3 is 0 Å². The second-order valence-corrected chi connectivity index (χ2v) is 8.21. The normalized spacial score (nSPS) is 17.3. The molecule has 0 fully saturated rings. The Labute approximate surface area is 194 Å². The fourth-order valence-corrected chi connectivity index (χ4v) is 4.27. The fraction of sp³-hybridized carbons (Fsp3) is 0.259. The molecule has 0 aliphatic carbocycles. The van der Waals surface area contributed by atoms with E-state index in [4.69, 9.17) is 9.47 Å². The van der Waals surface area contributed by atoms with E-state index in [9.17, 15) is 9.59 Å². The number of amides is 2. The van der Waals surface area contributed by atoms with Crippen LogP contribution in [0, 0.1) is 0 Å². The summed E-state index contributed by atoms with van der Waals surface area (Å²) in [5.41, 5.74) is 1.95. The zero-order valence-corrected chi connectivity index (χ0v) is 19.1. The van der Waals surface area contributed by atoms with E-state index < -0.39 is 5.54 Å². The minimum Gasteiger partial charge on any atom is -0.497 e. The highest BCUT2D eigenvalue weighted by atomic mass is 16.5. The Morgan fingerprint density at radius 1 is 1.03 bits per heavy atom. The van der Waals surface area contributed by atoms with Crippen molar-refractivity contribution in [2.75, 3.05) is 18.6 Å². The van der Waals surface area contributed by atoms with E-state index in [-0.39, 0.29) is 11.8 Å². The Kier molecular flexibility index (Phi) is 6.36. The van der Waals surface area contributed by atoms with E-state index in [1.165, 1.54) is 0 Å². The van der Waals surface area contributed by atoms with Gasteiger partial charge in [-0.2, -0.15) is 0 Å². The molecule has 1 atom stereocenters. The van der Waals surface area contributed by atoms with Gasteiger partial charge in [0.05, 0.1) is 13.7 Å². The van der Waals surface area contributed by atoms with Crippen molar-refractivity contribution in [3.63, 3.8) is 0 Å². The molecule has 1 N–H and O–H groups in total. The van der Waals surface area contributed by atoms with Crippen LogP contribution in [-0.2, 0) is 17.8 Å². The van der Waals surface area contributed by atoms with Gasteiger partial charge in [0, 0.05) is 24.2 Å². The zero-order chi connectivity index (χ0) is 23.4. The lowest BCUT2D eigenvalue weighted by molar-refractivity contribution is -0.126. The predicted octanol–water partition coefficient (Wildman–Crippen LogP) is 4.37. The van der Waals surface area contributed by atoms with E-state index in [1.807, 2.05) is 86.6 Å². The van der Waals surface area contributed by atoms with Crippen molar-refractivity contribution >= 4 is 17.5 Å². The zero-order valence-electron chi connectivity index (χ0n) is 19.1. The van der Waals surface area contributed by atoms with Gasteiger partial charge in [-0.1, -0.05) is 30.3 Å². The van der Waals surface area contributed by atoms with Gasteiger partial charge in [0.25, 0.3) is 5.91 Å². The number of carbonyl (C=O) groups is 2. The summed E-state index contributed by atoms with van der Waals surface area (Å²) >= 11 is 0. The van der Waals surface area contributed by atoms with Gasteiger partial charge in [0.15, 0.2) is 0 Å². The molecule has 1 unspecified atom stereocenters. The third-order valence-corrected chi connectivity index (χ3v) is 5.96. The number of hydrogen-bond donors (Lipinski definition) is 1. The van der Waals surface area contributed by atoms with Crippen LogP contribution >= 0.6 is 0 Å². The number of nitrogens with one attached hydrogen (secondary N) is 1. The number of carbonyl (C=O) groups excluding carboxylic acids is 2. The predicted molar refractivity (Wildman–Crippen MR) is 128 cm³/mol. The molecule has 3 aromatic rings. The molecule has 4 rings (SSSR count). The van der Waals surface area contributed by atoms with E-state index in [2.05, 4.69) is 5.32 Å². The van der Waals surface area contributed by atoms with Crippen LogP contribution < -0.4 is 19.7 Å². The van der Waals surface area contributed by atoms with Crippen molar-refractivity contribution in [1.29, 1.82) is 0 Å². The molecular weight excluding hydrogens is 416 g/mol. The molecule has 33 heavy (non-hydrogen) atoms. The molecule has 0 bridgehead atoms. The highest BCUT2D eigenvalue weighted by molar-refractivity contribution is 6.14. The molecule has 1 aliphatic rings. The van der Waals surface area contributed by atoms with Gasteiger partial charge in [0.1, 0.15) is 17.0 Å². The molecule has 0 aromatic heterocycles. The summed E-state index contributed by atoms with van der Waals surface area (Å²) in [5, 5.41) is 3.03. The molecule has 170 valence electrons. The highest BCUT2D eigenvalue weighted by Gasteiger charge is 2.47. The topological polar surface area (TPSA) is 67.9 Å². The van der Waals surface area contributed by atoms with Crippen LogP contribution in [0.2, 0.25) is 0 Å². The van der Waals surface area contributed by atoms with Crippen LogP contribution in [0.5, 0.6) is 11.5 Å². The third-order valence-electron chi connectivity index (χ3n) is 5.96. The van der Waals surface area contributed by atoms with Crippen molar-refractivity contribution in [2.45, 2.75) is 32.4 Å². The molecule has 0 radical (unpaired) electrons. The Morgan fingerprint density at radius 2 is 1.79 bits per heavy atom. The molecule has 0 saturated heterocycles. The van der Waals surface area contributed by atoms with Gasteiger partial charge in [-0.15, -0.1) is 0 Å². The summed E-state index contributed by atoms with van der Waals surface area (Å²) < 4.78 is 10.8. The van der Waals surface area contributed by atoms with E-state index >= 15 is 0 Å². The maximum absolute atomic E-state index is 13.6. The van der Waals surface area contributed by atoms with Gasteiger partial charge in [-0.25, -0.2) is 0 Å². The number of nitrogens with zero attached hydrogens (tertiary/aromatic N) is 1. The first-order valence-electron chi connectivity index (χ1n) is 11.0. The monoisotopic (exact) mass is 444 g/mol. The Bertz CT molecular complexity index is 1160. The van der Waals surface area contributed by atoms with Gasteiger partial charge in [-0.05, 0) is 67.4 Å². The summed E-state index contributed by atoms with van der Waals surface area (Å²) in [6, 6.07) is 22.3. The molecular formula is C27H28N2O4. The van der Waals surface area contributed by atoms with Gasteiger partial charge in [-0.3, -0.25) is 14.5 Å². The van der Waals surface area contributed by atoms with Crippen LogP contribution in [-0.4, -0.2) is 31.1 Å². The van der Waals surface area contributed by atoms with Crippen molar-refractivity contribution < 1.29 is 19.1 Å². The van der Waals surface area contributed by atoms with Crippen LogP contribution in [0.1, 0.15) is 35.3 Å². The average molecular weight is 445 g/mol. The maximum Gasteiger partial charge on any atom is 0.259 e. The Balaban J connectivity index is 1.67. The molecule has 0 spiro atoms. The van der Waals surface area contributed by atoms with Crippen LogP contribution in [0.4, 0.5) is 5.69 Å². The maximum atomic E-state index is 13.6. The molecule has 0 saturated carbocycles. The van der Waals surface area contributed by atoms with Crippen molar-refractivity contribution in [3.8, 4) is 11.5 Å². The first-order valence-corrected chi connectivity index (χ1v) is 11.0. The SMILES string of the molecule is CCOc1ccc(N2C(=O)c3ccccc3CC2(C)C(=O)NCc2cccc(OC)c2)cc1. The summed E-state index contributed by atoms with van der Waals surface area (Å²) in [5.74, 6) is 1.03. The van der Waals surface area contributed by atoms with Crippen LogP contribution in [0.25, 0.3) is 0 Å². The summed E-state index contributed by atoms with van der Waals surface area (Å²) in [6.07, 6.45) is 0.409. The quantitative estimate of drug-likeness (QED) is 0.588. The minimum absolute atomic E-state index is 0.194. The first-order chi connectivity index (χ1) is 16.0. The van der Waals surface area contributed by atoms with Gasteiger partial charge in [0.2, 0.25) is 5.91 Å². The number of methoxy groups -OCH3 is 1. The largest absolute Gasteiger partial charge is 0.497 e. The lowest BCUT2D eigenvalue weighted by Gasteiger charge is -2.44. The third kappa shape index (κ3) is 4.42. The standard InChI is InChI=1S/C27H28N2O4/c1-4-33-22-14-12-21(13-15-22)29-25(30)24-11-6-5-9-20(24)17-27(29,2)26(31)28-18-19-8-7-10-23(16-19)32-3/h5-16H,4,17-18H2,1-3H3,(H,28,31). The smallest absolute Gasteiger partial charge is 0.259 e. The molecule has 1 aliphatic heterocycles. The lowest BCUT2D eigenvalue weighted by Crippen LogP contribution is -2.63. The molecule has 2 amide bonds. The number of rotatable bonds is 7. The van der Waals surface area contributed by atoms with Crippen molar-refractivity contribution in [2.24, 2.45) is 0 Å². The van der Waals surface area contributed by atoms with E-state index in [0.29, 0.717) is 30.8 Å². The lowest BCUT2D eigenvalue weighted by atomic mass is 9.82.